The maximum Gasteiger partial charge on any atom is 0.158 e. The van der Waals surface area contributed by atoms with Crippen molar-refractivity contribution in [3.8, 4) is 5.69 Å². The first-order valence-corrected chi connectivity index (χ1v) is 7.99. The predicted octanol–water partition coefficient (Wildman–Crippen LogP) is 4.32. The second-order valence-electron chi connectivity index (χ2n) is 5.94. The van der Waals surface area contributed by atoms with Crippen LogP contribution in [-0.2, 0) is 4.74 Å². The quantitative estimate of drug-likeness (QED) is 0.717. The summed E-state index contributed by atoms with van der Waals surface area (Å²) >= 11 is 0. The number of benzene rings is 2. The van der Waals surface area contributed by atoms with Crippen molar-refractivity contribution < 1.29 is 4.74 Å². The predicted molar refractivity (Wildman–Crippen MR) is 93.0 cm³/mol. The van der Waals surface area contributed by atoms with Gasteiger partial charge >= 0.3 is 0 Å². The molecule has 23 heavy (non-hydrogen) atoms. The Morgan fingerprint density at radius 3 is 2.61 bits per heavy atom. The molecule has 0 radical (unpaired) electrons. The van der Waals surface area contributed by atoms with Gasteiger partial charge in [-0.1, -0.05) is 30.3 Å². The molecule has 0 aliphatic carbocycles. The number of aryl methyl sites for hydroxylation is 1. The van der Waals surface area contributed by atoms with E-state index < -0.39 is 0 Å². The number of aromatic nitrogens is 1. The second-order valence-corrected chi connectivity index (χ2v) is 5.94. The fraction of sp³-hybridized carbons (Fsp3) is 0.200. The molecule has 0 N–H and O–H groups in total. The van der Waals surface area contributed by atoms with E-state index in [0.29, 0.717) is 0 Å². The van der Waals surface area contributed by atoms with Crippen LogP contribution in [0.3, 0.4) is 0 Å². The molecule has 1 aliphatic rings. The first kappa shape index (κ1) is 14.1. The van der Waals surface area contributed by atoms with Crippen LogP contribution in [0.25, 0.3) is 5.69 Å². The van der Waals surface area contributed by atoms with Gasteiger partial charge in [-0.05, 0) is 42.8 Å². The van der Waals surface area contributed by atoms with E-state index in [1.807, 2.05) is 6.07 Å². The van der Waals surface area contributed by atoms with Crippen LogP contribution in [0.1, 0.15) is 17.4 Å². The number of hydrogen-bond acceptors (Lipinski definition) is 2. The van der Waals surface area contributed by atoms with E-state index in [9.17, 15) is 0 Å². The van der Waals surface area contributed by atoms with Crippen LogP contribution in [0.2, 0.25) is 0 Å². The van der Waals surface area contributed by atoms with Crippen molar-refractivity contribution in [3.63, 3.8) is 0 Å². The third kappa shape index (κ3) is 2.76. The minimum atomic E-state index is -0.0107. The molecule has 2 aromatic carbocycles. The molecule has 2 heterocycles. The lowest BCUT2D eigenvalue weighted by Gasteiger charge is -2.24. The van der Waals surface area contributed by atoms with Crippen LogP contribution in [-0.4, -0.2) is 17.7 Å². The van der Waals surface area contributed by atoms with Crippen molar-refractivity contribution >= 4 is 5.69 Å². The third-order valence-electron chi connectivity index (χ3n) is 4.28. The molecule has 1 aliphatic heterocycles. The summed E-state index contributed by atoms with van der Waals surface area (Å²) in [7, 11) is 0. The first-order valence-electron chi connectivity index (χ1n) is 7.99. The molecule has 1 aromatic heterocycles. The molecule has 3 nitrogen and oxygen atoms in total. The van der Waals surface area contributed by atoms with Gasteiger partial charge in [-0.3, -0.25) is 0 Å². The molecular weight excluding hydrogens is 284 g/mol. The summed E-state index contributed by atoms with van der Waals surface area (Å²) in [5, 5.41) is 0. The molecule has 4 rings (SSSR count). The Balaban J connectivity index is 1.63. The molecule has 116 valence electrons. The van der Waals surface area contributed by atoms with Gasteiger partial charge in [0.1, 0.15) is 0 Å². The van der Waals surface area contributed by atoms with Gasteiger partial charge in [0.25, 0.3) is 0 Å². The second kappa shape index (κ2) is 5.94. The zero-order valence-electron chi connectivity index (χ0n) is 13.2. The highest BCUT2D eigenvalue weighted by molar-refractivity contribution is 5.49. The Morgan fingerprint density at radius 1 is 0.957 bits per heavy atom. The Hall–Kier alpha value is -2.52. The van der Waals surface area contributed by atoms with E-state index in [-0.39, 0.29) is 6.23 Å². The van der Waals surface area contributed by atoms with Crippen molar-refractivity contribution in [2.45, 2.75) is 13.2 Å². The van der Waals surface area contributed by atoms with E-state index >= 15 is 0 Å². The molecule has 3 aromatic rings. The third-order valence-corrected chi connectivity index (χ3v) is 4.28. The van der Waals surface area contributed by atoms with Crippen LogP contribution in [0, 0.1) is 6.92 Å². The Morgan fingerprint density at radius 2 is 1.78 bits per heavy atom. The summed E-state index contributed by atoms with van der Waals surface area (Å²) in [6, 6.07) is 21.1. The van der Waals surface area contributed by atoms with Crippen LogP contribution < -0.4 is 4.90 Å². The highest BCUT2D eigenvalue weighted by Gasteiger charge is 2.27. The largest absolute Gasteiger partial charge is 0.352 e. The van der Waals surface area contributed by atoms with Crippen molar-refractivity contribution in [3.05, 3.63) is 84.2 Å². The van der Waals surface area contributed by atoms with E-state index in [0.717, 1.165) is 13.2 Å². The average molecular weight is 304 g/mol. The first-order chi connectivity index (χ1) is 11.3. The smallest absolute Gasteiger partial charge is 0.158 e. The summed E-state index contributed by atoms with van der Waals surface area (Å²) in [4.78, 5) is 2.32. The molecule has 1 fully saturated rings. The zero-order chi connectivity index (χ0) is 15.6. The summed E-state index contributed by atoms with van der Waals surface area (Å²) in [5.41, 5.74) is 4.84. The standard InChI is InChI=1S/C20H20N2O/c1-16-6-5-9-19(14-16)21-11-10-17(15-21)20-22(12-13-23-20)18-7-3-2-4-8-18/h2-11,14-15,20H,12-13H2,1H3. The van der Waals surface area contributed by atoms with E-state index in [1.54, 1.807) is 0 Å². The lowest BCUT2D eigenvalue weighted by molar-refractivity contribution is 0.114. The summed E-state index contributed by atoms with van der Waals surface area (Å²) in [5.74, 6) is 0. The van der Waals surface area contributed by atoms with Gasteiger partial charge in [0.15, 0.2) is 6.23 Å². The number of para-hydroxylation sites is 1. The Kier molecular flexibility index (Phi) is 3.64. The van der Waals surface area contributed by atoms with Crippen molar-refractivity contribution in [2.75, 3.05) is 18.1 Å². The maximum atomic E-state index is 5.99. The molecule has 1 atom stereocenters. The van der Waals surface area contributed by atoms with Gasteiger partial charge < -0.3 is 14.2 Å². The molecular formula is C20H20N2O. The normalized spacial score (nSPS) is 17.6. The molecule has 3 heteroatoms. The van der Waals surface area contributed by atoms with Crippen LogP contribution >= 0.6 is 0 Å². The lowest BCUT2D eigenvalue weighted by Crippen LogP contribution is -2.22. The SMILES string of the molecule is Cc1cccc(-n2ccc(C3OCCN3c3ccccc3)c2)c1. The summed E-state index contributed by atoms with van der Waals surface area (Å²) in [6.45, 7) is 3.80. The minimum absolute atomic E-state index is 0.0107. The van der Waals surface area contributed by atoms with Gasteiger partial charge in [0.05, 0.1) is 6.61 Å². The highest BCUT2D eigenvalue weighted by atomic mass is 16.5. The molecule has 1 saturated heterocycles. The molecule has 0 amide bonds. The fourth-order valence-electron chi connectivity index (χ4n) is 3.14. The van der Waals surface area contributed by atoms with Crippen LogP contribution in [0.5, 0.6) is 0 Å². The van der Waals surface area contributed by atoms with E-state index in [4.69, 9.17) is 4.74 Å². The van der Waals surface area contributed by atoms with Gasteiger partial charge in [-0.25, -0.2) is 0 Å². The molecule has 1 unspecified atom stereocenters. The number of nitrogens with zero attached hydrogens (tertiary/aromatic N) is 2. The molecule has 0 saturated carbocycles. The fourth-order valence-corrected chi connectivity index (χ4v) is 3.14. The average Bonchev–Trinajstić information content (AvgIpc) is 3.25. The topological polar surface area (TPSA) is 17.4 Å². The highest BCUT2D eigenvalue weighted by Crippen LogP contribution is 2.32. The van der Waals surface area contributed by atoms with Crippen LogP contribution in [0.4, 0.5) is 5.69 Å². The number of anilines is 1. The van der Waals surface area contributed by atoms with Crippen LogP contribution in [0.15, 0.2) is 73.1 Å². The molecule has 0 bridgehead atoms. The van der Waals surface area contributed by atoms with Gasteiger partial charge in [0, 0.05) is 35.9 Å². The number of rotatable bonds is 3. The number of hydrogen-bond donors (Lipinski definition) is 0. The van der Waals surface area contributed by atoms with E-state index in [1.165, 1.54) is 22.5 Å². The molecule has 0 spiro atoms. The van der Waals surface area contributed by atoms with Crippen molar-refractivity contribution in [1.82, 2.24) is 4.57 Å². The monoisotopic (exact) mass is 304 g/mol. The lowest BCUT2D eigenvalue weighted by atomic mass is 10.2. The zero-order valence-corrected chi connectivity index (χ0v) is 13.2. The van der Waals surface area contributed by atoms with E-state index in [2.05, 4.69) is 83.4 Å². The van der Waals surface area contributed by atoms with Crippen molar-refractivity contribution in [2.24, 2.45) is 0 Å². The number of ether oxygens (including phenoxy) is 1. The summed E-state index contributed by atoms with van der Waals surface area (Å²) < 4.78 is 8.15. The maximum absolute atomic E-state index is 5.99. The Bertz CT molecular complexity index is 794. The Labute approximate surface area is 136 Å². The minimum Gasteiger partial charge on any atom is -0.352 e. The summed E-state index contributed by atoms with van der Waals surface area (Å²) in [6.07, 6.45) is 4.26. The van der Waals surface area contributed by atoms with Gasteiger partial charge in [-0.2, -0.15) is 0 Å². The van der Waals surface area contributed by atoms with Gasteiger partial charge in [0.2, 0.25) is 0 Å². The van der Waals surface area contributed by atoms with Gasteiger partial charge in [-0.15, -0.1) is 0 Å². The van der Waals surface area contributed by atoms with Crippen molar-refractivity contribution in [1.29, 1.82) is 0 Å².